The summed E-state index contributed by atoms with van der Waals surface area (Å²) in [5.41, 5.74) is 4.08. The van der Waals surface area contributed by atoms with Gasteiger partial charge in [-0.05, 0) is 48.4 Å². The van der Waals surface area contributed by atoms with Crippen molar-refractivity contribution in [2.45, 2.75) is 37.6 Å². The Morgan fingerprint density at radius 2 is 2.03 bits per heavy atom. The number of aromatic nitrogens is 5. The first-order valence-corrected chi connectivity index (χ1v) is 11.1. The zero-order valence-corrected chi connectivity index (χ0v) is 16.9. The lowest BCUT2D eigenvalue weighted by Gasteiger charge is -2.26. The molecule has 0 N–H and O–H groups in total. The van der Waals surface area contributed by atoms with Gasteiger partial charge < -0.3 is 4.90 Å². The van der Waals surface area contributed by atoms with Crippen LogP contribution in [0.5, 0.6) is 0 Å². The predicted molar refractivity (Wildman–Crippen MR) is 114 cm³/mol. The molecular weight excluding hydrogens is 384 g/mol. The molecule has 2 aliphatic rings. The lowest BCUT2D eigenvalue weighted by Crippen LogP contribution is -2.37. The lowest BCUT2D eigenvalue weighted by atomic mass is 10.1. The molecule has 5 rings (SSSR count). The average molecular weight is 407 g/mol. The monoisotopic (exact) mass is 406 g/mol. The first-order valence-electron chi connectivity index (χ1n) is 9.96. The van der Waals surface area contributed by atoms with E-state index < -0.39 is 0 Å². The Morgan fingerprint density at radius 3 is 2.93 bits per heavy atom. The number of aryl methyl sites for hydroxylation is 1. The summed E-state index contributed by atoms with van der Waals surface area (Å²) in [5.74, 6) is 3.05. The maximum Gasteiger partial charge on any atom is 0.266 e. The van der Waals surface area contributed by atoms with Crippen LogP contribution in [0.25, 0.3) is 11.3 Å². The molecule has 3 aromatic rings. The first-order chi connectivity index (χ1) is 14.3. The number of hydrogen-bond acceptors (Lipinski definition) is 7. The van der Waals surface area contributed by atoms with Crippen LogP contribution in [0.2, 0.25) is 0 Å². The molecule has 5 heterocycles. The van der Waals surface area contributed by atoms with Crippen LogP contribution in [0.3, 0.4) is 0 Å². The molecule has 7 nitrogen and oxygen atoms in total. The van der Waals surface area contributed by atoms with Gasteiger partial charge in [0, 0.05) is 42.7 Å². The summed E-state index contributed by atoms with van der Waals surface area (Å²) >= 11 is 1.95. The molecule has 3 aromatic heterocycles. The molecule has 148 valence electrons. The summed E-state index contributed by atoms with van der Waals surface area (Å²) in [6.45, 7) is 1.48. The molecule has 1 saturated heterocycles. The normalized spacial score (nSPS) is 18.6. The molecule has 29 heavy (non-hydrogen) atoms. The van der Waals surface area contributed by atoms with E-state index in [2.05, 4.69) is 31.2 Å². The van der Waals surface area contributed by atoms with Crippen molar-refractivity contribution in [1.29, 1.82) is 0 Å². The van der Waals surface area contributed by atoms with E-state index >= 15 is 0 Å². The molecule has 8 heteroatoms. The Balaban J connectivity index is 1.41. The van der Waals surface area contributed by atoms with E-state index in [1.54, 1.807) is 29.2 Å². The van der Waals surface area contributed by atoms with E-state index in [0.29, 0.717) is 6.54 Å². The van der Waals surface area contributed by atoms with Crippen LogP contribution in [0.4, 0.5) is 5.82 Å². The van der Waals surface area contributed by atoms with E-state index in [1.165, 1.54) is 5.56 Å². The summed E-state index contributed by atoms with van der Waals surface area (Å²) in [6.07, 6.45) is 6.56. The predicted octanol–water partition coefficient (Wildman–Crippen LogP) is 2.55. The fourth-order valence-corrected chi connectivity index (χ4v) is 5.01. The van der Waals surface area contributed by atoms with Gasteiger partial charge in [0.05, 0.1) is 24.0 Å². The number of pyridine rings is 1. The average Bonchev–Trinajstić information content (AvgIpc) is 3.24. The topological polar surface area (TPSA) is 76.8 Å². The van der Waals surface area contributed by atoms with Crippen LogP contribution in [0.15, 0.2) is 47.5 Å². The minimum atomic E-state index is -0.0809. The minimum absolute atomic E-state index is 0.0809. The van der Waals surface area contributed by atoms with Crippen molar-refractivity contribution in [2.24, 2.45) is 0 Å². The Bertz CT molecular complexity index is 1070. The summed E-state index contributed by atoms with van der Waals surface area (Å²) in [4.78, 5) is 18.8. The Morgan fingerprint density at radius 1 is 1.14 bits per heavy atom. The van der Waals surface area contributed by atoms with E-state index in [4.69, 9.17) is 0 Å². The Hall–Kier alpha value is -2.74. The fraction of sp³-hybridized carbons (Fsp3) is 0.381. The Kier molecular flexibility index (Phi) is 5.01. The van der Waals surface area contributed by atoms with Gasteiger partial charge in [-0.25, -0.2) is 4.68 Å². The molecule has 2 aliphatic heterocycles. The van der Waals surface area contributed by atoms with Crippen molar-refractivity contribution in [3.63, 3.8) is 0 Å². The van der Waals surface area contributed by atoms with E-state index in [1.807, 2.05) is 23.9 Å². The van der Waals surface area contributed by atoms with Crippen molar-refractivity contribution in [3.8, 4) is 11.3 Å². The molecule has 1 fully saturated rings. The van der Waals surface area contributed by atoms with Gasteiger partial charge in [0.2, 0.25) is 0 Å². The van der Waals surface area contributed by atoms with Crippen LogP contribution in [0, 0.1) is 0 Å². The van der Waals surface area contributed by atoms with Crippen LogP contribution >= 0.6 is 11.8 Å². The van der Waals surface area contributed by atoms with Crippen LogP contribution in [0.1, 0.15) is 24.1 Å². The molecule has 0 bridgehead atoms. The highest BCUT2D eigenvalue weighted by Gasteiger charge is 2.28. The lowest BCUT2D eigenvalue weighted by molar-refractivity contribution is 0.488. The molecule has 1 atom stereocenters. The minimum Gasteiger partial charge on any atom is -0.350 e. The molecule has 1 unspecified atom stereocenters. The number of thioether (sulfide) groups is 1. The smallest absolute Gasteiger partial charge is 0.266 e. The summed E-state index contributed by atoms with van der Waals surface area (Å²) in [5, 5.41) is 13.6. The molecular formula is C21H22N6OS. The second-order valence-corrected chi connectivity index (χ2v) is 8.55. The van der Waals surface area contributed by atoms with Crippen molar-refractivity contribution in [3.05, 3.63) is 64.3 Å². The van der Waals surface area contributed by atoms with Crippen molar-refractivity contribution >= 4 is 17.6 Å². The van der Waals surface area contributed by atoms with Crippen LogP contribution in [-0.4, -0.2) is 43.3 Å². The van der Waals surface area contributed by atoms with Gasteiger partial charge in [-0.15, -0.1) is 5.10 Å². The fourth-order valence-electron chi connectivity index (χ4n) is 4.05. The van der Waals surface area contributed by atoms with Crippen LogP contribution in [-0.2, 0) is 18.7 Å². The van der Waals surface area contributed by atoms with E-state index in [9.17, 15) is 4.79 Å². The number of nitrogens with zero attached hydrogens (tertiary/aromatic N) is 6. The number of anilines is 1. The molecule has 0 aliphatic carbocycles. The number of hydrogen-bond donors (Lipinski definition) is 0. The SMILES string of the molecule is O=c1ccc(-c2ccncc2)nn1CC1CCCN1c1cc2c(nn1)CCSC2. The standard InChI is InChI=1S/C21H22N6OS/c28-21-4-3-19(15-5-8-22-9-6-15)25-27(21)13-17-2-1-10-26(17)20-12-16-14-29-11-7-18(16)23-24-20/h3-6,8-9,12,17H,1-2,7,10-11,13-14H2. The van der Waals surface area contributed by atoms with Gasteiger partial charge >= 0.3 is 0 Å². The second-order valence-electron chi connectivity index (χ2n) is 7.44. The molecule has 0 aromatic carbocycles. The zero-order chi connectivity index (χ0) is 19.6. The van der Waals surface area contributed by atoms with Gasteiger partial charge in [-0.3, -0.25) is 9.78 Å². The molecule has 0 radical (unpaired) electrons. The maximum absolute atomic E-state index is 12.5. The van der Waals surface area contributed by atoms with Crippen molar-refractivity contribution in [2.75, 3.05) is 17.2 Å². The molecule has 0 saturated carbocycles. The van der Waals surface area contributed by atoms with E-state index in [0.717, 1.165) is 60.1 Å². The van der Waals surface area contributed by atoms with Gasteiger partial charge in [0.1, 0.15) is 0 Å². The van der Waals surface area contributed by atoms with Gasteiger partial charge in [0.25, 0.3) is 5.56 Å². The van der Waals surface area contributed by atoms with Crippen LogP contribution < -0.4 is 10.5 Å². The Labute approximate surface area is 173 Å². The molecule has 0 amide bonds. The second kappa shape index (κ2) is 7.94. The highest BCUT2D eigenvalue weighted by atomic mass is 32.2. The first kappa shape index (κ1) is 18.3. The third kappa shape index (κ3) is 3.76. The quantitative estimate of drug-likeness (QED) is 0.659. The molecule has 0 spiro atoms. The summed E-state index contributed by atoms with van der Waals surface area (Å²) < 4.78 is 1.58. The zero-order valence-electron chi connectivity index (χ0n) is 16.1. The number of rotatable bonds is 4. The van der Waals surface area contributed by atoms with Gasteiger partial charge in [0.15, 0.2) is 5.82 Å². The van der Waals surface area contributed by atoms with Gasteiger partial charge in [-0.1, -0.05) is 0 Å². The highest BCUT2D eigenvalue weighted by molar-refractivity contribution is 7.98. The van der Waals surface area contributed by atoms with Gasteiger partial charge in [-0.2, -0.15) is 22.0 Å². The number of fused-ring (bicyclic) bond motifs is 1. The maximum atomic E-state index is 12.5. The highest BCUT2D eigenvalue weighted by Crippen LogP contribution is 2.29. The third-order valence-electron chi connectivity index (χ3n) is 5.59. The van der Waals surface area contributed by atoms with Crippen molar-refractivity contribution < 1.29 is 0 Å². The third-order valence-corrected chi connectivity index (χ3v) is 6.59. The van der Waals surface area contributed by atoms with E-state index in [-0.39, 0.29) is 11.6 Å². The summed E-state index contributed by atoms with van der Waals surface area (Å²) in [6, 6.07) is 9.55. The largest absolute Gasteiger partial charge is 0.350 e. The van der Waals surface area contributed by atoms with Crippen molar-refractivity contribution in [1.82, 2.24) is 25.0 Å². The summed E-state index contributed by atoms with van der Waals surface area (Å²) in [7, 11) is 0.